The van der Waals surface area contributed by atoms with Gasteiger partial charge in [0, 0.05) is 5.56 Å². The SMILES string of the molecule is FCc1noc2c1CCNC2. The first-order valence-corrected chi connectivity index (χ1v) is 3.65. The summed E-state index contributed by atoms with van der Waals surface area (Å²) >= 11 is 0. The molecule has 0 fully saturated rings. The van der Waals surface area contributed by atoms with Crippen molar-refractivity contribution in [2.45, 2.75) is 19.6 Å². The number of nitrogens with one attached hydrogen (secondary N) is 1. The highest BCUT2D eigenvalue weighted by atomic mass is 19.1. The van der Waals surface area contributed by atoms with E-state index in [4.69, 9.17) is 4.52 Å². The molecule has 11 heavy (non-hydrogen) atoms. The van der Waals surface area contributed by atoms with Crippen LogP contribution in [-0.4, -0.2) is 11.7 Å². The Morgan fingerprint density at radius 2 is 2.55 bits per heavy atom. The molecule has 4 heteroatoms. The van der Waals surface area contributed by atoms with Gasteiger partial charge in [0.15, 0.2) is 5.76 Å². The number of halogens is 1. The van der Waals surface area contributed by atoms with Crippen molar-refractivity contribution in [1.82, 2.24) is 10.5 Å². The van der Waals surface area contributed by atoms with Crippen molar-refractivity contribution >= 4 is 0 Å². The van der Waals surface area contributed by atoms with Gasteiger partial charge in [0.05, 0.1) is 6.54 Å². The molecule has 0 saturated carbocycles. The van der Waals surface area contributed by atoms with Gasteiger partial charge < -0.3 is 9.84 Å². The van der Waals surface area contributed by atoms with Crippen molar-refractivity contribution in [3.05, 3.63) is 17.0 Å². The maximum absolute atomic E-state index is 12.2. The minimum Gasteiger partial charge on any atom is -0.359 e. The van der Waals surface area contributed by atoms with Crippen LogP contribution in [0.1, 0.15) is 17.0 Å². The number of rotatable bonds is 1. The number of hydrogen-bond donors (Lipinski definition) is 1. The minimum absolute atomic E-state index is 0.474. The van der Waals surface area contributed by atoms with Gasteiger partial charge in [0.1, 0.15) is 12.4 Å². The molecule has 0 atom stereocenters. The van der Waals surface area contributed by atoms with Gasteiger partial charge in [0.25, 0.3) is 0 Å². The second-order valence-electron chi connectivity index (χ2n) is 2.59. The molecule has 2 rings (SSSR count). The van der Waals surface area contributed by atoms with Crippen LogP contribution in [0.2, 0.25) is 0 Å². The zero-order valence-corrected chi connectivity index (χ0v) is 6.06. The summed E-state index contributed by atoms with van der Waals surface area (Å²) in [6.07, 6.45) is 0.831. The molecular formula is C7H9FN2O. The fourth-order valence-corrected chi connectivity index (χ4v) is 1.32. The van der Waals surface area contributed by atoms with E-state index in [1.807, 2.05) is 0 Å². The fraction of sp³-hybridized carbons (Fsp3) is 0.571. The highest BCUT2D eigenvalue weighted by Crippen LogP contribution is 2.18. The van der Waals surface area contributed by atoms with Gasteiger partial charge in [-0.1, -0.05) is 5.16 Å². The first kappa shape index (κ1) is 6.79. The molecule has 1 aliphatic heterocycles. The smallest absolute Gasteiger partial charge is 0.154 e. The Labute approximate surface area is 63.6 Å². The molecule has 60 valence electrons. The van der Waals surface area contributed by atoms with E-state index < -0.39 is 6.67 Å². The summed E-state index contributed by atoms with van der Waals surface area (Å²) < 4.78 is 17.1. The summed E-state index contributed by atoms with van der Waals surface area (Å²) in [6, 6.07) is 0. The number of aromatic nitrogens is 1. The van der Waals surface area contributed by atoms with Gasteiger partial charge in [-0.25, -0.2) is 4.39 Å². The molecule has 0 spiro atoms. The molecule has 0 amide bonds. The van der Waals surface area contributed by atoms with Crippen molar-refractivity contribution in [2.75, 3.05) is 6.54 Å². The Morgan fingerprint density at radius 1 is 1.64 bits per heavy atom. The lowest BCUT2D eigenvalue weighted by Gasteiger charge is -2.09. The van der Waals surface area contributed by atoms with Crippen molar-refractivity contribution in [3.63, 3.8) is 0 Å². The van der Waals surface area contributed by atoms with Crippen LogP contribution in [0.4, 0.5) is 4.39 Å². The predicted octanol–water partition coefficient (Wildman–Crippen LogP) is 0.790. The predicted molar refractivity (Wildman–Crippen MR) is 36.7 cm³/mol. The summed E-state index contributed by atoms with van der Waals surface area (Å²) in [5.41, 5.74) is 1.44. The third-order valence-electron chi connectivity index (χ3n) is 1.91. The van der Waals surface area contributed by atoms with E-state index in [1.54, 1.807) is 0 Å². The lowest BCUT2D eigenvalue weighted by Crippen LogP contribution is -2.22. The van der Waals surface area contributed by atoms with E-state index in [-0.39, 0.29) is 0 Å². The van der Waals surface area contributed by atoms with Gasteiger partial charge in [-0.3, -0.25) is 0 Å². The summed E-state index contributed by atoms with van der Waals surface area (Å²) in [5.74, 6) is 0.795. The van der Waals surface area contributed by atoms with Crippen LogP contribution in [0.3, 0.4) is 0 Å². The second-order valence-corrected chi connectivity index (χ2v) is 2.59. The lowest BCUT2D eigenvalue weighted by molar-refractivity contribution is 0.353. The van der Waals surface area contributed by atoms with Crippen LogP contribution in [0.5, 0.6) is 0 Å². The van der Waals surface area contributed by atoms with E-state index >= 15 is 0 Å². The Balaban J connectivity index is 2.38. The second kappa shape index (κ2) is 2.62. The molecule has 0 radical (unpaired) electrons. The molecule has 0 unspecified atom stereocenters. The van der Waals surface area contributed by atoms with Crippen molar-refractivity contribution < 1.29 is 8.91 Å². The van der Waals surface area contributed by atoms with Crippen molar-refractivity contribution in [1.29, 1.82) is 0 Å². The summed E-state index contributed by atoms with van der Waals surface area (Å²) in [4.78, 5) is 0. The molecule has 0 aliphatic carbocycles. The number of nitrogens with zero attached hydrogens (tertiary/aromatic N) is 1. The molecular weight excluding hydrogens is 147 g/mol. The van der Waals surface area contributed by atoms with Crippen molar-refractivity contribution in [3.8, 4) is 0 Å². The van der Waals surface area contributed by atoms with E-state index in [9.17, 15) is 4.39 Å². The largest absolute Gasteiger partial charge is 0.359 e. The maximum Gasteiger partial charge on any atom is 0.154 e. The molecule has 1 N–H and O–H groups in total. The van der Waals surface area contributed by atoms with Crippen LogP contribution in [0.15, 0.2) is 4.52 Å². The Bertz CT molecular complexity index is 245. The highest BCUT2D eigenvalue weighted by molar-refractivity contribution is 5.24. The van der Waals surface area contributed by atoms with Crippen LogP contribution in [0.25, 0.3) is 0 Å². The average Bonchev–Trinajstić information content (AvgIpc) is 2.47. The Hall–Kier alpha value is -0.900. The molecule has 3 nitrogen and oxygen atoms in total. The summed E-state index contributed by atoms with van der Waals surface area (Å²) in [6.45, 7) is 1.06. The van der Waals surface area contributed by atoms with E-state index in [2.05, 4.69) is 10.5 Å². The van der Waals surface area contributed by atoms with Crippen LogP contribution in [0, 0.1) is 0 Å². The number of hydrogen-bond acceptors (Lipinski definition) is 3. The molecule has 2 heterocycles. The normalized spacial score (nSPS) is 16.5. The minimum atomic E-state index is -0.515. The molecule has 0 aromatic carbocycles. The van der Waals surface area contributed by atoms with Gasteiger partial charge in [-0.15, -0.1) is 0 Å². The zero-order chi connectivity index (χ0) is 7.68. The van der Waals surface area contributed by atoms with Crippen LogP contribution < -0.4 is 5.32 Å². The van der Waals surface area contributed by atoms with Crippen molar-refractivity contribution in [2.24, 2.45) is 0 Å². The topological polar surface area (TPSA) is 38.1 Å². The molecule has 1 aromatic heterocycles. The molecule has 0 saturated heterocycles. The van der Waals surface area contributed by atoms with E-state index in [1.165, 1.54) is 0 Å². The van der Waals surface area contributed by atoms with Crippen LogP contribution in [-0.2, 0) is 19.6 Å². The summed E-state index contributed by atoms with van der Waals surface area (Å²) in [5, 5.41) is 6.75. The van der Waals surface area contributed by atoms with Gasteiger partial charge >= 0.3 is 0 Å². The lowest BCUT2D eigenvalue weighted by atomic mass is 10.1. The quantitative estimate of drug-likeness (QED) is 0.653. The van der Waals surface area contributed by atoms with E-state index in [0.29, 0.717) is 12.2 Å². The molecule has 1 aliphatic rings. The number of fused-ring (bicyclic) bond motifs is 1. The maximum atomic E-state index is 12.2. The van der Waals surface area contributed by atoms with Gasteiger partial charge in [-0.05, 0) is 13.0 Å². The first-order chi connectivity index (χ1) is 5.42. The fourth-order valence-electron chi connectivity index (χ4n) is 1.32. The van der Waals surface area contributed by atoms with E-state index in [0.717, 1.165) is 24.3 Å². The summed E-state index contributed by atoms with van der Waals surface area (Å²) in [7, 11) is 0. The Kier molecular flexibility index (Phi) is 1.62. The highest BCUT2D eigenvalue weighted by Gasteiger charge is 2.18. The molecule has 1 aromatic rings. The molecule has 0 bridgehead atoms. The van der Waals surface area contributed by atoms with Gasteiger partial charge in [0.2, 0.25) is 0 Å². The third-order valence-corrected chi connectivity index (χ3v) is 1.91. The number of alkyl halides is 1. The Morgan fingerprint density at radius 3 is 3.36 bits per heavy atom. The first-order valence-electron chi connectivity index (χ1n) is 3.65. The zero-order valence-electron chi connectivity index (χ0n) is 6.06. The third kappa shape index (κ3) is 1.03. The standard InChI is InChI=1S/C7H9FN2O/c8-3-6-5-1-2-9-4-7(5)11-10-6/h9H,1-4H2. The van der Waals surface area contributed by atoms with Crippen LogP contribution >= 0.6 is 0 Å². The monoisotopic (exact) mass is 156 g/mol. The van der Waals surface area contributed by atoms with Gasteiger partial charge in [-0.2, -0.15) is 0 Å². The average molecular weight is 156 g/mol.